The molecule has 1 heterocycles. The van der Waals surface area contributed by atoms with Gasteiger partial charge in [-0.2, -0.15) is 0 Å². The van der Waals surface area contributed by atoms with Crippen molar-refractivity contribution in [2.24, 2.45) is 0 Å². The number of aryl methyl sites for hydroxylation is 1. The highest BCUT2D eigenvalue weighted by Gasteiger charge is 2.22. The normalized spacial score (nSPS) is 17.0. The predicted octanol–water partition coefficient (Wildman–Crippen LogP) is 2.77. The lowest BCUT2D eigenvalue weighted by molar-refractivity contribution is 0.398. The Labute approximate surface area is 112 Å². The number of nitrogen functional groups attached to an aromatic ring is 1. The largest absolute Gasteiger partial charge is 0.481 e. The minimum Gasteiger partial charge on any atom is -0.481 e. The van der Waals surface area contributed by atoms with Gasteiger partial charge < -0.3 is 15.8 Å². The second-order valence-corrected chi connectivity index (χ2v) is 4.78. The molecule has 0 saturated heterocycles. The van der Waals surface area contributed by atoms with Gasteiger partial charge in [0, 0.05) is 23.6 Å². The number of nitrogens with one attached hydrogen (secondary N) is 1. The van der Waals surface area contributed by atoms with Crippen molar-refractivity contribution in [3.63, 3.8) is 0 Å². The molecule has 3 N–H and O–H groups in total. The van der Waals surface area contributed by atoms with E-state index in [9.17, 15) is 0 Å². The highest BCUT2D eigenvalue weighted by atomic mass is 16.5. The summed E-state index contributed by atoms with van der Waals surface area (Å²) in [5, 5.41) is 3.53. The summed E-state index contributed by atoms with van der Waals surface area (Å²) in [5.74, 6) is 0.625. The van der Waals surface area contributed by atoms with Crippen LogP contribution in [-0.2, 0) is 6.42 Å². The van der Waals surface area contributed by atoms with Crippen LogP contribution in [-0.4, -0.2) is 12.1 Å². The van der Waals surface area contributed by atoms with Gasteiger partial charge in [0.1, 0.15) is 0 Å². The first-order chi connectivity index (χ1) is 9.26. The fourth-order valence-electron chi connectivity index (χ4n) is 2.60. The fourth-order valence-corrected chi connectivity index (χ4v) is 2.60. The van der Waals surface area contributed by atoms with Crippen molar-refractivity contribution in [3.8, 4) is 5.88 Å². The lowest BCUT2D eigenvalue weighted by Crippen LogP contribution is -2.07. The van der Waals surface area contributed by atoms with Gasteiger partial charge in [-0.15, -0.1) is 0 Å². The molecular weight excluding hydrogens is 238 g/mol. The number of hydrogen-bond acceptors (Lipinski definition) is 4. The third-order valence-corrected chi connectivity index (χ3v) is 3.53. The lowest BCUT2D eigenvalue weighted by Gasteiger charge is -2.16. The molecule has 1 aromatic carbocycles. The summed E-state index contributed by atoms with van der Waals surface area (Å²) < 4.78 is 5.14. The fraction of sp³-hybridized carbons (Fsp3) is 0.267. The molecule has 0 aliphatic heterocycles. The van der Waals surface area contributed by atoms with Gasteiger partial charge in [-0.1, -0.05) is 6.07 Å². The van der Waals surface area contributed by atoms with E-state index in [1.165, 1.54) is 11.1 Å². The Bertz CT molecular complexity index is 598. The quantitative estimate of drug-likeness (QED) is 0.828. The molecule has 1 unspecified atom stereocenters. The van der Waals surface area contributed by atoms with Crippen molar-refractivity contribution in [1.82, 2.24) is 4.98 Å². The molecule has 1 aliphatic carbocycles. The molecule has 0 radical (unpaired) electrons. The van der Waals surface area contributed by atoms with Crippen LogP contribution in [0.4, 0.5) is 11.4 Å². The monoisotopic (exact) mass is 255 g/mol. The summed E-state index contributed by atoms with van der Waals surface area (Å²) in [6.45, 7) is 0. The van der Waals surface area contributed by atoms with E-state index >= 15 is 0 Å². The maximum absolute atomic E-state index is 5.82. The van der Waals surface area contributed by atoms with Crippen molar-refractivity contribution in [2.45, 2.75) is 18.9 Å². The number of hydrogen-bond donors (Lipinski definition) is 2. The lowest BCUT2D eigenvalue weighted by atomic mass is 10.1. The van der Waals surface area contributed by atoms with Crippen LogP contribution < -0.4 is 15.8 Å². The molecule has 0 bridgehead atoms. The summed E-state index contributed by atoms with van der Waals surface area (Å²) in [6, 6.07) is 10.4. The molecule has 4 nitrogen and oxygen atoms in total. The summed E-state index contributed by atoms with van der Waals surface area (Å²) in [5.41, 5.74) is 10.4. The maximum atomic E-state index is 5.82. The number of nitrogens with zero attached hydrogens (tertiary/aromatic N) is 1. The Morgan fingerprint density at radius 1 is 1.32 bits per heavy atom. The third kappa shape index (κ3) is 2.34. The maximum Gasteiger partial charge on any atom is 0.214 e. The standard InChI is InChI=1S/C15H17N3O/c1-19-15-9-12(6-7-17-15)18-14-5-2-10-8-11(16)3-4-13(10)14/h3-4,6-9,14H,2,5,16H2,1H3,(H,17,18). The molecule has 0 fully saturated rings. The summed E-state index contributed by atoms with van der Waals surface area (Å²) in [7, 11) is 1.62. The minimum atomic E-state index is 0.336. The molecule has 0 spiro atoms. The van der Waals surface area contributed by atoms with Crippen LogP contribution in [0.25, 0.3) is 0 Å². The van der Waals surface area contributed by atoms with Crippen LogP contribution in [0.3, 0.4) is 0 Å². The molecule has 2 aromatic rings. The molecule has 0 saturated carbocycles. The van der Waals surface area contributed by atoms with E-state index in [0.717, 1.165) is 24.2 Å². The Kier molecular flexibility index (Phi) is 2.99. The summed E-state index contributed by atoms with van der Waals surface area (Å²) in [6.07, 6.45) is 3.91. The summed E-state index contributed by atoms with van der Waals surface area (Å²) >= 11 is 0. The Morgan fingerprint density at radius 2 is 2.21 bits per heavy atom. The highest BCUT2D eigenvalue weighted by molar-refractivity contribution is 5.52. The zero-order valence-corrected chi connectivity index (χ0v) is 10.9. The topological polar surface area (TPSA) is 60.2 Å². The first kappa shape index (κ1) is 11.8. The number of fused-ring (bicyclic) bond motifs is 1. The van der Waals surface area contributed by atoms with Crippen molar-refractivity contribution >= 4 is 11.4 Å². The number of benzene rings is 1. The van der Waals surface area contributed by atoms with Crippen LogP contribution in [0.5, 0.6) is 5.88 Å². The molecule has 1 aliphatic rings. The number of methoxy groups -OCH3 is 1. The van der Waals surface area contributed by atoms with E-state index in [4.69, 9.17) is 10.5 Å². The van der Waals surface area contributed by atoms with Crippen molar-refractivity contribution in [3.05, 3.63) is 47.7 Å². The third-order valence-electron chi connectivity index (χ3n) is 3.53. The first-order valence-electron chi connectivity index (χ1n) is 6.41. The molecule has 1 aromatic heterocycles. The molecular formula is C15H17N3O. The second-order valence-electron chi connectivity index (χ2n) is 4.78. The van der Waals surface area contributed by atoms with Crippen LogP contribution in [0.15, 0.2) is 36.5 Å². The molecule has 0 amide bonds. The van der Waals surface area contributed by atoms with E-state index in [2.05, 4.69) is 22.4 Å². The van der Waals surface area contributed by atoms with Gasteiger partial charge in [0.05, 0.1) is 13.2 Å². The molecule has 1 atom stereocenters. The van der Waals surface area contributed by atoms with Crippen LogP contribution in [0, 0.1) is 0 Å². The zero-order valence-electron chi connectivity index (χ0n) is 10.9. The van der Waals surface area contributed by atoms with E-state index in [1.807, 2.05) is 18.2 Å². The van der Waals surface area contributed by atoms with Gasteiger partial charge in [-0.05, 0) is 42.2 Å². The first-order valence-corrected chi connectivity index (χ1v) is 6.41. The number of ether oxygens (including phenoxy) is 1. The van der Waals surface area contributed by atoms with Gasteiger partial charge >= 0.3 is 0 Å². The number of rotatable bonds is 3. The smallest absolute Gasteiger partial charge is 0.214 e. The molecule has 3 rings (SSSR count). The number of nitrogens with two attached hydrogens (primary N) is 1. The van der Waals surface area contributed by atoms with Crippen molar-refractivity contribution < 1.29 is 4.74 Å². The van der Waals surface area contributed by atoms with Gasteiger partial charge in [-0.3, -0.25) is 0 Å². The van der Waals surface area contributed by atoms with E-state index in [-0.39, 0.29) is 0 Å². The van der Waals surface area contributed by atoms with Gasteiger partial charge in [0.15, 0.2) is 0 Å². The number of anilines is 2. The minimum absolute atomic E-state index is 0.336. The average molecular weight is 255 g/mol. The SMILES string of the molecule is COc1cc(NC2CCc3cc(N)ccc32)ccn1. The summed E-state index contributed by atoms with van der Waals surface area (Å²) in [4.78, 5) is 4.11. The molecule has 19 heavy (non-hydrogen) atoms. The van der Waals surface area contributed by atoms with Gasteiger partial charge in [0.2, 0.25) is 5.88 Å². The van der Waals surface area contributed by atoms with Crippen molar-refractivity contribution in [1.29, 1.82) is 0 Å². The Hall–Kier alpha value is -2.23. The van der Waals surface area contributed by atoms with Crippen LogP contribution >= 0.6 is 0 Å². The Balaban J connectivity index is 1.82. The molecule has 98 valence electrons. The predicted molar refractivity (Wildman–Crippen MR) is 76.3 cm³/mol. The van der Waals surface area contributed by atoms with E-state index in [1.54, 1.807) is 13.3 Å². The van der Waals surface area contributed by atoms with Crippen LogP contribution in [0.1, 0.15) is 23.6 Å². The number of pyridine rings is 1. The molecule has 4 heteroatoms. The Morgan fingerprint density at radius 3 is 3.05 bits per heavy atom. The van der Waals surface area contributed by atoms with Crippen molar-refractivity contribution in [2.75, 3.05) is 18.2 Å². The number of aromatic nitrogens is 1. The second kappa shape index (κ2) is 4.80. The van der Waals surface area contributed by atoms with Crippen LogP contribution in [0.2, 0.25) is 0 Å². The van der Waals surface area contributed by atoms with E-state index < -0.39 is 0 Å². The van der Waals surface area contributed by atoms with E-state index in [0.29, 0.717) is 11.9 Å². The average Bonchev–Trinajstić information content (AvgIpc) is 2.81. The highest BCUT2D eigenvalue weighted by Crippen LogP contribution is 2.35. The van der Waals surface area contributed by atoms with Gasteiger partial charge in [0.25, 0.3) is 0 Å². The van der Waals surface area contributed by atoms with Gasteiger partial charge in [-0.25, -0.2) is 4.98 Å². The zero-order chi connectivity index (χ0) is 13.2.